The van der Waals surface area contributed by atoms with Gasteiger partial charge in [-0.15, -0.1) is 11.6 Å². The first-order valence-electron chi connectivity index (χ1n) is 7.06. The summed E-state index contributed by atoms with van der Waals surface area (Å²) in [5.41, 5.74) is 2.32. The average Bonchev–Trinajstić information content (AvgIpc) is 2.77. The maximum Gasteiger partial charge on any atom is 0.111 e. The third-order valence-electron chi connectivity index (χ3n) is 3.89. The number of fused-ring (bicyclic) bond motifs is 1. The number of benzene rings is 1. The molecule has 0 unspecified atom stereocenters. The van der Waals surface area contributed by atoms with E-state index >= 15 is 0 Å². The van der Waals surface area contributed by atoms with Gasteiger partial charge in [0, 0.05) is 35.6 Å². The molecule has 1 aliphatic heterocycles. The number of aromatic nitrogens is 2. The van der Waals surface area contributed by atoms with Gasteiger partial charge in [0.1, 0.15) is 5.82 Å². The van der Waals surface area contributed by atoms with Crippen LogP contribution in [0.5, 0.6) is 0 Å². The molecule has 1 aromatic heterocycles. The van der Waals surface area contributed by atoms with E-state index in [0.717, 1.165) is 50.4 Å². The Hall–Kier alpha value is -0.330. The van der Waals surface area contributed by atoms with Gasteiger partial charge in [-0.25, -0.2) is 4.98 Å². The van der Waals surface area contributed by atoms with Crippen molar-refractivity contribution in [2.24, 2.45) is 5.92 Å². The van der Waals surface area contributed by atoms with Gasteiger partial charge in [0.25, 0.3) is 0 Å². The number of alkyl halides is 1. The van der Waals surface area contributed by atoms with Crippen molar-refractivity contribution in [1.82, 2.24) is 9.55 Å². The lowest BCUT2D eigenvalue weighted by molar-refractivity contribution is 0.0613. The molecule has 0 atom stereocenters. The monoisotopic (exact) mass is 404 g/mol. The Bertz CT molecular complexity index is 593. The van der Waals surface area contributed by atoms with Gasteiger partial charge >= 0.3 is 0 Å². The first kappa shape index (κ1) is 14.6. The SMILES string of the molecule is ClCCc1nc2cc(I)ccc2n1CC1CCOCC1. The molecule has 1 fully saturated rings. The summed E-state index contributed by atoms with van der Waals surface area (Å²) in [6.07, 6.45) is 3.12. The van der Waals surface area contributed by atoms with E-state index < -0.39 is 0 Å². The van der Waals surface area contributed by atoms with Crippen LogP contribution < -0.4 is 0 Å². The third-order valence-corrected chi connectivity index (χ3v) is 4.75. The first-order chi connectivity index (χ1) is 9.78. The number of nitrogens with zero attached hydrogens (tertiary/aromatic N) is 2. The van der Waals surface area contributed by atoms with Crippen molar-refractivity contribution in [2.75, 3.05) is 19.1 Å². The van der Waals surface area contributed by atoms with Crippen molar-refractivity contribution >= 4 is 45.2 Å². The van der Waals surface area contributed by atoms with E-state index in [1.54, 1.807) is 0 Å². The van der Waals surface area contributed by atoms with Crippen LogP contribution in [0.4, 0.5) is 0 Å². The van der Waals surface area contributed by atoms with Crippen LogP contribution in [-0.2, 0) is 17.7 Å². The summed E-state index contributed by atoms with van der Waals surface area (Å²) < 4.78 is 9.04. The average molecular weight is 405 g/mol. The summed E-state index contributed by atoms with van der Waals surface area (Å²) in [4.78, 5) is 4.77. The Labute approximate surface area is 137 Å². The molecule has 1 aromatic carbocycles. The van der Waals surface area contributed by atoms with Crippen molar-refractivity contribution in [2.45, 2.75) is 25.8 Å². The lowest BCUT2D eigenvalue weighted by atomic mass is 10.0. The second-order valence-corrected chi connectivity index (χ2v) is 6.89. The normalized spacial score (nSPS) is 16.9. The molecule has 1 aliphatic rings. The van der Waals surface area contributed by atoms with E-state index in [1.807, 2.05) is 0 Å². The van der Waals surface area contributed by atoms with E-state index in [4.69, 9.17) is 21.3 Å². The number of aryl methyl sites for hydroxylation is 1. The molecule has 3 rings (SSSR count). The fourth-order valence-electron chi connectivity index (χ4n) is 2.82. The van der Waals surface area contributed by atoms with Crippen molar-refractivity contribution in [3.8, 4) is 0 Å². The molecule has 0 N–H and O–H groups in total. The molecule has 0 radical (unpaired) electrons. The summed E-state index contributed by atoms with van der Waals surface area (Å²) in [6, 6.07) is 6.48. The van der Waals surface area contributed by atoms with Crippen LogP contribution in [0, 0.1) is 9.49 Å². The molecular weight excluding hydrogens is 387 g/mol. The number of hydrogen-bond donors (Lipinski definition) is 0. The van der Waals surface area contributed by atoms with Crippen LogP contribution in [0.15, 0.2) is 18.2 Å². The minimum atomic E-state index is 0.619. The molecule has 0 spiro atoms. The topological polar surface area (TPSA) is 27.1 Å². The Balaban J connectivity index is 1.95. The van der Waals surface area contributed by atoms with Gasteiger partial charge < -0.3 is 9.30 Å². The van der Waals surface area contributed by atoms with E-state index in [2.05, 4.69) is 45.4 Å². The fourth-order valence-corrected chi connectivity index (χ4v) is 3.46. The Morgan fingerprint density at radius 3 is 2.90 bits per heavy atom. The van der Waals surface area contributed by atoms with Gasteiger partial charge in [-0.2, -0.15) is 0 Å². The number of ether oxygens (including phenoxy) is 1. The molecule has 2 heterocycles. The summed E-state index contributed by atoms with van der Waals surface area (Å²) in [5.74, 6) is 2.42. The lowest BCUT2D eigenvalue weighted by Gasteiger charge is -2.23. The highest BCUT2D eigenvalue weighted by Crippen LogP contribution is 2.24. The van der Waals surface area contributed by atoms with Crippen LogP contribution in [0.2, 0.25) is 0 Å². The highest BCUT2D eigenvalue weighted by atomic mass is 127. The molecule has 1 saturated heterocycles. The Morgan fingerprint density at radius 2 is 2.15 bits per heavy atom. The van der Waals surface area contributed by atoms with Gasteiger partial charge in [0.05, 0.1) is 11.0 Å². The summed E-state index contributed by atoms with van der Waals surface area (Å²) >= 11 is 8.27. The molecule has 0 saturated carbocycles. The van der Waals surface area contributed by atoms with E-state index in [9.17, 15) is 0 Å². The van der Waals surface area contributed by atoms with E-state index in [0.29, 0.717) is 11.8 Å². The molecule has 0 amide bonds. The van der Waals surface area contributed by atoms with Gasteiger partial charge in [-0.05, 0) is 59.5 Å². The zero-order valence-corrected chi connectivity index (χ0v) is 14.2. The van der Waals surface area contributed by atoms with Crippen molar-refractivity contribution in [3.63, 3.8) is 0 Å². The van der Waals surface area contributed by atoms with E-state index in [-0.39, 0.29) is 0 Å². The predicted octanol–water partition coefficient (Wildman–Crippen LogP) is 3.85. The second kappa shape index (κ2) is 6.62. The first-order valence-corrected chi connectivity index (χ1v) is 8.67. The quantitative estimate of drug-likeness (QED) is 0.572. The van der Waals surface area contributed by atoms with Crippen molar-refractivity contribution in [3.05, 3.63) is 27.6 Å². The van der Waals surface area contributed by atoms with E-state index in [1.165, 1.54) is 9.09 Å². The van der Waals surface area contributed by atoms with Gasteiger partial charge in [0.2, 0.25) is 0 Å². The van der Waals surface area contributed by atoms with Crippen LogP contribution in [0.1, 0.15) is 18.7 Å². The van der Waals surface area contributed by atoms with Crippen molar-refractivity contribution in [1.29, 1.82) is 0 Å². The standard InChI is InChI=1S/C15H18ClIN2O/c16-6-3-15-18-13-9-12(17)1-2-14(13)19(15)10-11-4-7-20-8-5-11/h1-2,9,11H,3-8,10H2. The molecule has 5 heteroatoms. The predicted molar refractivity (Wildman–Crippen MR) is 90.4 cm³/mol. The summed E-state index contributed by atoms with van der Waals surface area (Å²) in [6.45, 7) is 2.81. The molecule has 108 valence electrons. The van der Waals surface area contributed by atoms with Crippen molar-refractivity contribution < 1.29 is 4.74 Å². The molecule has 0 bridgehead atoms. The van der Waals surface area contributed by atoms with Gasteiger partial charge in [-0.1, -0.05) is 0 Å². The zero-order chi connectivity index (χ0) is 13.9. The van der Waals surface area contributed by atoms with Gasteiger partial charge in [0.15, 0.2) is 0 Å². The minimum absolute atomic E-state index is 0.619. The Morgan fingerprint density at radius 1 is 1.35 bits per heavy atom. The smallest absolute Gasteiger partial charge is 0.111 e. The molecule has 2 aromatic rings. The number of imidazole rings is 1. The van der Waals surface area contributed by atoms with Crippen LogP contribution >= 0.6 is 34.2 Å². The zero-order valence-electron chi connectivity index (χ0n) is 11.3. The molecular formula is C15H18ClIN2O. The van der Waals surface area contributed by atoms with Crippen LogP contribution in [0.25, 0.3) is 11.0 Å². The van der Waals surface area contributed by atoms with Gasteiger partial charge in [-0.3, -0.25) is 0 Å². The highest BCUT2D eigenvalue weighted by Gasteiger charge is 2.18. The lowest BCUT2D eigenvalue weighted by Crippen LogP contribution is -2.21. The molecule has 20 heavy (non-hydrogen) atoms. The maximum atomic E-state index is 5.93. The fraction of sp³-hybridized carbons (Fsp3) is 0.533. The Kier molecular flexibility index (Phi) is 4.83. The molecule has 3 nitrogen and oxygen atoms in total. The minimum Gasteiger partial charge on any atom is -0.381 e. The van der Waals surface area contributed by atoms with Crippen LogP contribution in [0.3, 0.4) is 0 Å². The van der Waals surface area contributed by atoms with Crippen LogP contribution in [-0.4, -0.2) is 28.6 Å². The number of hydrogen-bond acceptors (Lipinski definition) is 2. The maximum absolute atomic E-state index is 5.93. The summed E-state index contributed by atoms with van der Waals surface area (Å²) in [7, 11) is 0. The molecule has 0 aliphatic carbocycles. The number of halogens is 2. The second-order valence-electron chi connectivity index (χ2n) is 5.27. The summed E-state index contributed by atoms with van der Waals surface area (Å²) in [5, 5.41) is 0. The number of rotatable bonds is 4. The third kappa shape index (κ3) is 3.12. The highest BCUT2D eigenvalue weighted by molar-refractivity contribution is 14.1. The largest absolute Gasteiger partial charge is 0.381 e.